The van der Waals surface area contributed by atoms with Crippen molar-refractivity contribution < 1.29 is 56.9 Å². The van der Waals surface area contributed by atoms with Gasteiger partial charge in [0.15, 0.2) is 0 Å². The first-order valence-electron chi connectivity index (χ1n) is 22.5. The maximum absolute atomic E-state index is 14.4. The van der Waals surface area contributed by atoms with Gasteiger partial charge in [-0.25, -0.2) is 14.6 Å². The second-order valence-electron chi connectivity index (χ2n) is 16.6. The molecule has 14 N–H and O–H groups in total. The minimum atomic E-state index is -5.08. The van der Waals surface area contributed by atoms with E-state index in [4.69, 9.17) is 21.4 Å². The number of hydrogen-bond donors (Lipinski definition) is 12. The lowest BCUT2D eigenvalue weighted by Crippen LogP contribution is -2.59. The van der Waals surface area contributed by atoms with Gasteiger partial charge in [0.05, 0.1) is 12.4 Å². The number of hydrogen-bond acceptors (Lipinski definition) is 10. The lowest BCUT2D eigenvalue weighted by atomic mass is 10.0. The lowest BCUT2D eigenvalue weighted by molar-refractivity contribution is -0.192. The van der Waals surface area contributed by atoms with E-state index in [1.807, 2.05) is 48.5 Å². The predicted molar refractivity (Wildman–Crippen MR) is 254 cm³/mol. The molecule has 20 nitrogen and oxygen atoms in total. The summed E-state index contributed by atoms with van der Waals surface area (Å²) in [6, 6.07) is 16.7. The number of nitrogens with two attached hydrogens (primary N) is 2. The van der Waals surface area contributed by atoms with E-state index in [0.29, 0.717) is 36.2 Å². The molecule has 0 spiro atoms. The minimum absolute atomic E-state index is 0.0167. The van der Waals surface area contributed by atoms with Crippen molar-refractivity contribution in [2.45, 2.75) is 94.3 Å². The van der Waals surface area contributed by atoms with E-state index in [1.54, 1.807) is 48.9 Å². The van der Waals surface area contributed by atoms with Crippen LogP contribution in [0.1, 0.15) is 48.6 Å². The van der Waals surface area contributed by atoms with Crippen molar-refractivity contribution in [2.75, 3.05) is 6.54 Å². The van der Waals surface area contributed by atoms with Gasteiger partial charge in [-0.05, 0) is 61.6 Å². The Morgan fingerprint density at radius 3 is 1.61 bits per heavy atom. The van der Waals surface area contributed by atoms with E-state index in [-0.39, 0.29) is 32.1 Å². The molecule has 378 valence electrons. The summed E-state index contributed by atoms with van der Waals surface area (Å²) in [4.78, 5) is 104. The maximum atomic E-state index is 14.4. The van der Waals surface area contributed by atoms with Crippen LogP contribution in [0.5, 0.6) is 0 Å². The number of carbonyl (C=O) groups is 7. The highest BCUT2D eigenvalue weighted by Gasteiger charge is 2.38. The zero-order valence-electron chi connectivity index (χ0n) is 38.4. The molecule has 5 amide bonds. The molecule has 0 saturated heterocycles. The summed E-state index contributed by atoms with van der Waals surface area (Å²) in [7, 11) is 0. The molecule has 3 aromatic heterocycles. The number of carboxylic acids is 2. The Balaban J connectivity index is 0.00000124. The number of carboxylic acid groups (broad SMARTS) is 2. The van der Waals surface area contributed by atoms with E-state index < -0.39 is 83.9 Å². The number of H-pyrrole nitrogens is 3. The zero-order chi connectivity index (χ0) is 51.7. The van der Waals surface area contributed by atoms with Crippen LogP contribution in [0.15, 0.2) is 104 Å². The fraction of sp³-hybridized carbons (Fsp3) is 0.333. The van der Waals surface area contributed by atoms with Crippen LogP contribution in [0.4, 0.5) is 13.2 Å². The zero-order valence-corrected chi connectivity index (χ0v) is 38.4. The van der Waals surface area contributed by atoms with Crippen LogP contribution in [-0.4, -0.2) is 121 Å². The number of halogens is 3. The van der Waals surface area contributed by atoms with Crippen LogP contribution in [0.25, 0.3) is 21.8 Å². The van der Waals surface area contributed by atoms with Gasteiger partial charge in [-0.3, -0.25) is 24.0 Å². The van der Waals surface area contributed by atoms with Crippen molar-refractivity contribution in [2.24, 2.45) is 11.5 Å². The number of aromatic amines is 3. The van der Waals surface area contributed by atoms with Gasteiger partial charge in [0, 0.05) is 71.8 Å². The van der Waals surface area contributed by atoms with E-state index in [2.05, 4.69) is 46.5 Å². The van der Waals surface area contributed by atoms with Gasteiger partial charge in [0.25, 0.3) is 0 Å². The molecule has 6 atom stereocenters. The molecule has 0 aliphatic rings. The first-order chi connectivity index (χ1) is 33.8. The number of aromatic nitrogens is 4. The van der Waals surface area contributed by atoms with Crippen LogP contribution in [-0.2, 0) is 59.2 Å². The molecule has 0 radical (unpaired) electrons. The van der Waals surface area contributed by atoms with Gasteiger partial charge in [-0.2, -0.15) is 13.2 Å². The van der Waals surface area contributed by atoms with Crippen molar-refractivity contribution in [3.63, 3.8) is 0 Å². The maximum Gasteiger partial charge on any atom is 0.490 e. The van der Waals surface area contributed by atoms with Crippen LogP contribution in [0.2, 0.25) is 0 Å². The first kappa shape index (κ1) is 53.9. The number of imidazole rings is 1. The van der Waals surface area contributed by atoms with Gasteiger partial charge >= 0.3 is 18.1 Å². The number of para-hydroxylation sites is 2. The molecule has 3 aromatic carbocycles. The van der Waals surface area contributed by atoms with Gasteiger partial charge in [0.2, 0.25) is 29.5 Å². The largest absolute Gasteiger partial charge is 0.490 e. The summed E-state index contributed by atoms with van der Waals surface area (Å²) < 4.78 is 31.7. The van der Waals surface area contributed by atoms with Crippen molar-refractivity contribution >= 4 is 63.3 Å². The third-order valence-electron chi connectivity index (χ3n) is 11.3. The van der Waals surface area contributed by atoms with Gasteiger partial charge in [-0.1, -0.05) is 66.7 Å². The van der Waals surface area contributed by atoms with Gasteiger partial charge in [0.1, 0.15) is 30.2 Å². The summed E-state index contributed by atoms with van der Waals surface area (Å²) in [5.41, 5.74) is 16.2. The number of rotatable bonds is 23. The van der Waals surface area contributed by atoms with Crippen LogP contribution >= 0.6 is 0 Å². The van der Waals surface area contributed by atoms with Crippen molar-refractivity contribution in [3.05, 3.63) is 126 Å². The highest BCUT2D eigenvalue weighted by molar-refractivity contribution is 5.97. The van der Waals surface area contributed by atoms with Crippen LogP contribution < -0.4 is 38.1 Å². The number of aliphatic carboxylic acids is 2. The molecule has 0 aliphatic heterocycles. The Kier molecular flexibility index (Phi) is 19.4. The Morgan fingerprint density at radius 2 is 1.10 bits per heavy atom. The topological polar surface area (TPSA) is 332 Å². The molecule has 23 heteroatoms. The summed E-state index contributed by atoms with van der Waals surface area (Å²) in [5, 5.41) is 32.3. The molecule has 0 unspecified atom stereocenters. The molecular weight excluding hydrogens is 932 g/mol. The SMILES string of the molecule is C[C@H](NC(=O)[C@@H](Cc1c[nH]c2ccccc12)NC(=O)[C@@H](N)Cc1cnc[nH]1)C(=O)N[C@@H](Cc1c[nH]c2ccccc12)C(=O)N[C@H](Cc1ccccc1)C(=O)N[C@@H](CCCCN)C(=O)O.O=C(O)C(F)(F)F. The first-order valence-corrected chi connectivity index (χ1v) is 22.5. The molecule has 6 rings (SSSR count). The molecule has 0 bridgehead atoms. The van der Waals surface area contributed by atoms with Crippen molar-refractivity contribution in [3.8, 4) is 0 Å². The second-order valence-corrected chi connectivity index (χ2v) is 16.6. The summed E-state index contributed by atoms with van der Waals surface area (Å²) in [5.74, 6) is -7.42. The van der Waals surface area contributed by atoms with Gasteiger partial charge in [-0.15, -0.1) is 0 Å². The number of nitrogens with one attached hydrogen (secondary N) is 8. The Bertz CT molecular complexity index is 2750. The van der Waals surface area contributed by atoms with Crippen LogP contribution in [0.3, 0.4) is 0 Å². The minimum Gasteiger partial charge on any atom is -0.480 e. The number of nitrogens with zero attached hydrogens (tertiary/aromatic N) is 1. The number of benzene rings is 3. The average Bonchev–Trinajstić information content (AvgIpc) is 4.11. The standard InChI is InChI=1S/C46H55N11O7.C2HF3O2/c1-27(53-43(60)39(20-29-23-50-35-15-7-5-13-32(29)35)56-42(59)34(48)22-31-25-49-26-52-31)41(58)55-40(21-30-24-51-36-16-8-6-14-33(30)36)45(62)57-38(19-28-11-3-2-4-12-28)44(61)54-37(46(63)64)17-9-10-18-47;3-2(4,5)1(6)7/h2-8,11-16,23-27,34,37-40,50-51H,9-10,17-22,47-48H2,1H3,(H,49,52)(H,53,60)(H,54,61)(H,55,58)(H,56,59)(H,57,62)(H,63,64);(H,6,7)/t27-,34-,37-,38+,39+,40-;/m0./s1. The van der Waals surface area contributed by atoms with E-state index in [9.17, 15) is 47.0 Å². The molecule has 0 aliphatic carbocycles. The predicted octanol–water partition coefficient (Wildman–Crippen LogP) is 2.26. The van der Waals surface area contributed by atoms with Crippen LogP contribution in [0, 0.1) is 0 Å². The number of fused-ring (bicyclic) bond motifs is 2. The number of unbranched alkanes of at least 4 members (excludes halogenated alkanes) is 1. The summed E-state index contributed by atoms with van der Waals surface area (Å²) in [6.45, 7) is 1.81. The summed E-state index contributed by atoms with van der Waals surface area (Å²) in [6.07, 6.45) is 2.77. The third-order valence-corrected chi connectivity index (χ3v) is 11.3. The normalized spacial score (nSPS) is 13.8. The molecule has 0 fully saturated rings. The number of amides is 5. The molecule has 3 heterocycles. The molecular formula is C48H56F3N11O9. The summed E-state index contributed by atoms with van der Waals surface area (Å²) >= 11 is 0. The van der Waals surface area contributed by atoms with E-state index in [1.165, 1.54) is 13.3 Å². The fourth-order valence-corrected chi connectivity index (χ4v) is 7.49. The highest BCUT2D eigenvalue weighted by atomic mass is 19.4. The monoisotopic (exact) mass is 987 g/mol. The van der Waals surface area contributed by atoms with E-state index >= 15 is 0 Å². The second kappa shape index (κ2) is 25.5. The fourth-order valence-electron chi connectivity index (χ4n) is 7.49. The Hall–Kier alpha value is -8.05. The molecule has 0 saturated carbocycles. The molecule has 6 aromatic rings. The van der Waals surface area contributed by atoms with Gasteiger partial charge < -0.3 is 63.2 Å². The number of alkyl halides is 3. The van der Waals surface area contributed by atoms with E-state index in [0.717, 1.165) is 27.4 Å². The quantitative estimate of drug-likeness (QED) is 0.0412. The molecule has 71 heavy (non-hydrogen) atoms. The van der Waals surface area contributed by atoms with Crippen molar-refractivity contribution in [1.29, 1.82) is 0 Å². The highest BCUT2D eigenvalue weighted by Crippen LogP contribution is 2.21. The lowest BCUT2D eigenvalue weighted by Gasteiger charge is -2.26. The third kappa shape index (κ3) is 16.0. The number of carbonyl (C=O) groups excluding carboxylic acids is 5. The Labute approximate surface area is 404 Å². The Morgan fingerprint density at radius 1 is 0.620 bits per heavy atom. The average molecular weight is 988 g/mol. The van der Waals surface area contributed by atoms with Crippen molar-refractivity contribution in [1.82, 2.24) is 46.5 Å². The smallest absolute Gasteiger partial charge is 0.480 e.